The third-order valence-corrected chi connectivity index (χ3v) is 5.56. The van der Waals surface area contributed by atoms with Crippen molar-refractivity contribution in [1.29, 1.82) is 0 Å². The molecule has 1 aromatic rings. The summed E-state index contributed by atoms with van der Waals surface area (Å²) in [6, 6.07) is 4.31. The fourth-order valence-corrected chi connectivity index (χ4v) is 3.57. The molecule has 1 heterocycles. The first-order valence-corrected chi connectivity index (χ1v) is 8.22. The first-order valence-electron chi connectivity index (χ1n) is 6.78. The molecule has 1 unspecified atom stereocenters. The molecule has 0 N–H and O–H groups in total. The molecular weight excluding hydrogens is 324 g/mol. The van der Waals surface area contributed by atoms with Gasteiger partial charge in [-0.05, 0) is 24.1 Å². The predicted octanol–water partition coefficient (Wildman–Crippen LogP) is 2.32. The minimum atomic E-state index is -4.16. The third-order valence-electron chi connectivity index (χ3n) is 3.83. The highest BCUT2D eigenvalue weighted by Crippen LogP contribution is 2.34. The molecule has 1 amide bonds. The zero-order valence-corrected chi connectivity index (χ0v) is 13.4. The predicted molar refractivity (Wildman–Crippen MR) is 81.2 cm³/mol. The Morgan fingerprint density at radius 1 is 1.39 bits per heavy atom. The number of non-ortho nitro benzene ring substituents is 1. The number of ether oxygens (including phenoxy) is 1. The van der Waals surface area contributed by atoms with Crippen molar-refractivity contribution >= 4 is 21.8 Å². The molecule has 9 heteroatoms. The second-order valence-corrected chi connectivity index (χ2v) is 7.31. The van der Waals surface area contributed by atoms with Crippen LogP contribution in [0.4, 0.5) is 10.5 Å². The van der Waals surface area contributed by atoms with Crippen molar-refractivity contribution in [2.24, 2.45) is 5.92 Å². The van der Waals surface area contributed by atoms with E-state index in [1.54, 1.807) is 13.8 Å². The van der Waals surface area contributed by atoms with Crippen molar-refractivity contribution in [3.05, 3.63) is 47.0 Å². The number of nitrogens with zero attached hydrogens (tertiary/aromatic N) is 2. The highest BCUT2D eigenvalue weighted by molar-refractivity contribution is 7.89. The minimum absolute atomic E-state index is 0.166. The molecule has 1 aliphatic rings. The standard InChI is InChI=1S/C14H16N2O6S/c1-4-14(10(2)3)9-15(13(17)22-14)23(20,21)12-7-5-11(6-8-12)16(18)19/h4-8,10H,1,9H2,2-3H3. The van der Waals surface area contributed by atoms with E-state index in [0.29, 0.717) is 4.31 Å². The Kier molecular flexibility index (Phi) is 4.16. The average molecular weight is 340 g/mol. The van der Waals surface area contributed by atoms with Crippen LogP contribution in [0.15, 0.2) is 41.8 Å². The van der Waals surface area contributed by atoms with E-state index in [1.807, 2.05) is 0 Å². The van der Waals surface area contributed by atoms with Gasteiger partial charge >= 0.3 is 6.09 Å². The van der Waals surface area contributed by atoms with Gasteiger partial charge in [0.2, 0.25) is 0 Å². The zero-order valence-electron chi connectivity index (χ0n) is 12.6. The van der Waals surface area contributed by atoms with Crippen molar-refractivity contribution < 1.29 is 22.9 Å². The molecule has 1 atom stereocenters. The Labute approximate surface area is 133 Å². The lowest BCUT2D eigenvalue weighted by Crippen LogP contribution is -2.39. The van der Waals surface area contributed by atoms with Crippen LogP contribution in [-0.2, 0) is 14.8 Å². The number of sulfonamides is 1. The van der Waals surface area contributed by atoms with Gasteiger partial charge in [-0.1, -0.05) is 20.4 Å². The van der Waals surface area contributed by atoms with E-state index in [-0.39, 0.29) is 23.0 Å². The molecule has 0 bridgehead atoms. The Balaban J connectivity index is 2.38. The van der Waals surface area contributed by atoms with Crippen LogP contribution in [0, 0.1) is 16.0 Å². The van der Waals surface area contributed by atoms with Gasteiger partial charge in [0.25, 0.3) is 15.7 Å². The highest BCUT2D eigenvalue weighted by atomic mass is 32.2. The number of hydrogen-bond donors (Lipinski definition) is 0. The molecule has 1 aliphatic heterocycles. The molecule has 23 heavy (non-hydrogen) atoms. The van der Waals surface area contributed by atoms with Crippen molar-refractivity contribution in [3.8, 4) is 0 Å². The maximum absolute atomic E-state index is 12.6. The van der Waals surface area contributed by atoms with Gasteiger partial charge in [-0.25, -0.2) is 13.2 Å². The van der Waals surface area contributed by atoms with Crippen molar-refractivity contribution in [3.63, 3.8) is 0 Å². The fourth-order valence-electron chi connectivity index (χ4n) is 2.23. The molecule has 0 aliphatic carbocycles. The van der Waals surface area contributed by atoms with E-state index in [4.69, 9.17) is 4.74 Å². The van der Waals surface area contributed by atoms with Crippen molar-refractivity contribution in [2.45, 2.75) is 24.3 Å². The fraction of sp³-hybridized carbons (Fsp3) is 0.357. The van der Waals surface area contributed by atoms with Crippen LogP contribution in [0.25, 0.3) is 0 Å². The molecule has 0 radical (unpaired) electrons. The van der Waals surface area contributed by atoms with Gasteiger partial charge in [0, 0.05) is 12.1 Å². The summed E-state index contributed by atoms with van der Waals surface area (Å²) in [6.07, 6.45) is 0.429. The second-order valence-electron chi connectivity index (χ2n) is 5.44. The SMILES string of the molecule is C=CC1(C(C)C)CN(S(=O)(=O)c2ccc([N+](=O)[O-])cc2)C(=O)O1. The lowest BCUT2D eigenvalue weighted by Gasteiger charge is -2.26. The lowest BCUT2D eigenvalue weighted by atomic mass is 9.91. The number of benzene rings is 1. The highest BCUT2D eigenvalue weighted by Gasteiger charge is 2.50. The number of carbonyl (C=O) groups excluding carboxylic acids is 1. The van der Waals surface area contributed by atoms with Gasteiger partial charge in [-0.15, -0.1) is 0 Å². The van der Waals surface area contributed by atoms with Gasteiger partial charge in [-0.2, -0.15) is 4.31 Å². The Morgan fingerprint density at radius 2 is 1.96 bits per heavy atom. The summed E-state index contributed by atoms with van der Waals surface area (Å²) in [5.74, 6) is -0.166. The maximum atomic E-state index is 12.6. The molecule has 1 fully saturated rings. The molecule has 0 saturated carbocycles. The van der Waals surface area contributed by atoms with Crippen LogP contribution >= 0.6 is 0 Å². The van der Waals surface area contributed by atoms with Crippen LogP contribution in [0.3, 0.4) is 0 Å². The summed E-state index contributed by atoms with van der Waals surface area (Å²) in [6.45, 7) is 7.01. The summed E-state index contributed by atoms with van der Waals surface area (Å²) >= 11 is 0. The average Bonchev–Trinajstić information content (AvgIpc) is 2.86. The normalized spacial score (nSPS) is 21.3. The van der Waals surface area contributed by atoms with E-state index in [2.05, 4.69) is 6.58 Å². The molecule has 1 aromatic carbocycles. The summed E-state index contributed by atoms with van der Waals surface area (Å²) < 4.78 is 31.0. The Morgan fingerprint density at radius 3 is 2.35 bits per heavy atom. The maximum Gasteiger partial charge on any atom is 0.424 e. The number of hydrogen-bond acceptors (Lipinski definition) is 6. The molecule has 0 spiro atoms. The van der Waals surface area contributed by atoms with E-state index in [1.165, 1.54) is 6.08 Å². The molecule has 124 valence electrons. The van der Waals surface area contributed by atoms with Gasteiger partial charge in [-0.3, -0.25) is 10.1 Å². The zero-order chi connectivity index (χ0) is 17.4. The van der Waals surface area contributed by atoms with Gasteiger partial charge < -0.3 is 4.74 Å². The number of cyclic esters (lactones) is 1. The van der Waals surface area contributed by atoms with Crippen LogP contribution < -0.4 is 0 Å². The topological polar surface area (TPSA) is 107 Å². The summed E-state index contributed by atoms with van der Waals surface area (Å²) in [7, 11) is -4.16. The van der Waals surface area contributed by atoms with Crippen LogP contribution in [-0.4, -0.2) is 35.9 Å². The first-order chi connectivity index (χ1) is 10.6. The third kappa shape index (κ3) is 2.79. The number of nitro groups is 1. The minimum Gasteiger partial charge on any atom is -0.436 e. The van der Waals surface area contributed by atoms with Crippen LogP contribution in [0.5, 0.6) is 0 Å². The van der Waals surface area contributed by atoms with Gasteiger partial charge in [0.05, 0.1) is 16.4 Å². The molecule has 8 nitrogen and oxygen atoms in total. The van der Waals surface area contributed by atoms with E-state index >= 15 is 0 Å². The van der Waals surface area contributed by atoms with E-state index in [0.717, 1.165) is 24.3 Å². The first kappa shape index (κ1) is 16.9. The second kappa shape index (κ2) is 5.65. The lowest BCUT2D eigenvalue weighted by molar-refractivity contribution is -0.384. The largest absolute Gasteiger partial charge is 0.436 e. The van der Waals surface area contributed by atoms with Crippen molar-refractivity contribution in [1.82, 2.24) is 4.31 Å². The van der Waals surface area contributed by atoms with Gasteiger partial charge in [0.1, 0.15) is 0 Å². The van der Waals surface area contributed by atoms with Crippen LogP contribution in [0.1, 0.15) is 13.8 Å². The smallest absolute Gasteiger partial charge is 0.424 e. The molecule has 1 saturated heterocycles. The van der Waals surface area contributed by atoms with Gasteiger partial charge in [0.15, 0.2) is 5.60 Å². The number of carbonyl (C=O) groups is 1. The molecular formula is C14H16N2O6S. The quantitative estimate of drug-likeness (QED) is 0.462. The summed E-state index contributed by atoms with van der Waals surface area (Å²) in [4.78, 5) is 21.8. The van der Waals surface area contributed by atoms with Crippen LogP contribution in [0.2, 0.25) is 0 Å². The van der Waals surface area contributed by atoms with Crippen molar-refractivity contribution in [2.75, 3.05) is 6.54 Å². The molecule has 0 aromatic heterocycles. The van der Waals surface area contributed by atoms with E-state index < -0.39 is 26.6 Å². The summed E-state index contributed by atoms with van der Waals surface area (Å²) in [5.41, 5.74) is -1.33. The number of rotatable bonds is 5. The number of nitro benzene ring substituents is 1. The molecule has 2 rings (SSSR count). The monoisotopic (exact) mass is 340 g/mol. The Hall–Kier alpha value is -2.42. The summed E-state index contributed by atoms with van der Waals surface area (Å²) in [5, 5.41) is 10.6. The number of amides is 1. The van der Waals surface area contributed by atoms with E-state index in [9.17, 15) is 23.3 Å². The Bertz CT molecular complexity index is 756.